The zero-order valence-electron chi connectivity index (χ0n) is 21.3. The van der Waals surface area contributed by atoms with Crippen molar-refractivity contribution in [1.29, 1.82) is 0 Å². The number of hydrogen-bond donors (Lipinski definition) is 1. The summed E-state index contributed by atoms with van der Waals surface area (Å²) in [5.41, 5.74) is 2.84. The van der Waals surface area contributed by atoms with Crippen LogP contribution in [-0.4, -0.2) is 46.9 Å². The summed E-state index contributed by atoms with van der Waals surface area (Å²) in [6.07, 6.45) is 4.41. The van der Waals surface area contributed by atoms with E-state index in [1.54, 1.807) is 30.2 Å². The number of anilines is 1. The van der Waals surface area contributed by atoms with Crippen LogP contribution in [0.3, 0.4) is 0 Å². The maximum atomic E-state index is 13.5. The zero-order chi connectivity index (χ0) is 27.3. The van der Waals surface area contributed by atoms with Gasteiger partial charge in [-0.1, -0.05) is 12.1 Å². The van der Waals surface area contributed by atoms with Crippen LogP contribution < -0.4 is 14.4 Å². The fourth-order valence-corrected chi connectivity index (χ4v) is 5.52. The van der Waals surface area contributed by atoms with Gasteiger partial charge in [-0.25, -0.2) is 4.79 Å². The first-order chi connectivity index (χ1) is 18.8. The standard InChI is InChI=1S/C30H26N2O7/c1-38-25-11-9-20(14-26(25)39-21-4-2-3-5-21)31-16-19-7-6-17(12-23(19)28(31)34)15-32-27(33)22-10-8-18(30(36)37)13-24(22)29(32)35/h6-14,21H,2-5,15-16H2,1H3,(H,36,37). The van der Waals surface area contributed by atoms with Crippen LogP contribution in [0.4, 0.5) is 5.69 Å². The lowest BCUT2D eigenvalue weighted by Crippen LogP contribution is -2.29. The molecule has 2 aliphatic heterocycles. The Hall–Kier alpha value is -4.66. The van der Waals surface area contributed by atoms with E-state index < -0.39 is 17.8 Å². The van der Waals surface area contributed by atoms with Gasteiger partial charge in [0.25, 0.3) is 17.7 Å². The molecule has 1 aliphatic carbocycles. The van der Waals surface area contributed by atoms with Gasteiger partial charge >= 0.3 is 5.97 Å². The molecule has 0 spiro atoms. The number of ether oxygens (including phenoxy) is 2. The van der Waals surface area contributed by atoms with E-state index in [-0.39, 0.29) is 35.2 Å². The summed E-state index contributed by atoms with van der Waals surface area (Å²) in [7, 11) is 1.59. The second-order valence-electron chi connectivity index (χ2n) is 10.0. The third-order valence-corrected chi connectivity index (χ3v) is 7.59. The molecule has 1 saturated carbocycles. The average molecular weight is 527 g/mol. The summed E-state index contributed by atoms with van der Waals surface area (Å²) in [5, 5.41) is 9.23. The van der Waals surface area contributed by atoms with Crippen LogP contribution >= 0.6 is 0 Å². The first kappa shape index (κ1) is 24.7. The van der Waals surface area contributed by atoms with Crippen LogP contribution in [0.2, 0.25) is 0 Å². The van der Waals surface area contributed by atoms with E-state index in [1.165, 1.54) is 18.2 Å². The minimum atomic E-state index is -1.17. The van der Waals surface area contributed by atoms with Gasteiger partial charge < -0.3 is 19.5 Å². The molecule has 3 amide bonds. The lowest BCUT2D eigenvalue weighted by atomic mass is 10.1. The smallest absolute Gasteiger partial charge is 0.335 e. The first-order valence-electron chi connectivity index (χ1n) is 12.9. The lowest BCUT2D eigenvalue weighted by Gasteiger charge is -2.20. The molecule has 1 N–H and O–H groups in total. The number of hydrogen-bond acceptors (Lipinski definition) is 6. The van der Waals surface area contributed by atoms with Crippen LogP contribution in [0.25, 0.3) is 0 Å². The minimum absolute atomic E-state index is 0.0305. The number of carboxylic acids is 1. The number of carbonyl (C=O) groups is 4. The first-order valence-corrected chi connectivity index (χ1v) is 12.9. The molecule has 3 aliphatic rings. The third-order valence-electron chi connectivity index (χ3n) is 7.59. The Morgan fingerprint density at radius 1 is 0.872 bits per heavy atom. The van der Waals surface area contributed by atoms with Gasteiger partial charge in [0.1, 0.15) is 0 Å². The van der Waals surface area contributed by atoms with Crippen molar-refractivity contribution < 1.29 is 33.8 Å². The summed E-state index contributed by atoms with van der Waals surface area (Å²) in [4.78, 5) is 53.3. The number of methoxy groups -OCH3 is 1. The van der Waals surface area contributed by atoms with E-state index in [0.29, 0.717) is 34.9 Å². The Kier molecular flexibility index (Phi) is 6.06. The average Bonchev–Trinajstić information content (AvgIpc) is 3.63. The number of amides is 3. The molecule has 0 radical (unpaired) electrons. The highest BCUT2D eigenvalue weighted by atomic mass is 16.5. The number of benzene rings is 3. The van der Waals surface area contributed by atoms with Crippen molar-refractivity contribution in [2.24, 2.45) is 0 Å². The molecule has 0 bridgehead atoms. The fourth-order valence-electron chi connectivity index (χ4n) is 5.52. The molecule has 0 atom stereocenters. The van der Waals surface area contributed by atoms with Gasteiger partial charge in [-0.05, 0) is 73.2 Å². The Morgan fingerprint density at radius 3 is 2.38 bits per heavy atom. The molecule has 6 rings (SSSR count). The molecule has 0 aromatic heterocycles. The summed E-state index contributed by atoms with van der Waals surface area (Å²) in [5.74, 6) is -1.17. The van der Waals surface area contributed by atoms with Gasteiger partial charge in [0, 0.05) is 17.3 Å². The Morgan fingerprint density at radius 2 is 1.64 bits per heavy atom. The number of fused-ring (bicyclic) bond motifs is 2. The summed E-state index contributed by atoms with van der Waals surface area (Å²) < 4.78 is 11.7. The van der Waals surface area contributed by atoms with Crippen molar-refractivity contribution in [3.63, 3.8) is 0 Å². The maximum absolute atomic E-state index is 13.5. The summed E-state index contributed by atoms with van der Waals surface area (Å²) in [6, 6.07) is 14.7. The van der Waals surface area contributed by atoms with Crippen LogP contribution in [0.1, 0.15) is 78.2 Å². The van der Waals surface area contributed by atoms with Crippen molar-refractivity contribution >= 4 is 29.4 Å². The van der Waals surface area contributed by atoms with Crippen LogP contribution in [0.5, 0.6) is 11.5 Å². The molecule has 198 valence electrons. The molecule has 9 nitrogen and oxygen atoms in total. The predicted octanol–water partition coefficient (Wildman–Crippen LogP) is 4.67. The SMILES string of the molecule is COc1ccc(N2Cc3ccc(CN4C(=O)c5ccc(C(=O)O)cc5C4=O)cc3C2=O)cc1OC1CCCC1. The van der Waals surface area contributed by atoms with Gasteiger partial charge in [-0.2, -0.15) is 0 Å². The van der Waals surface area contributed by atoms with Crippen molar-refractivity contribution in [2.45, 2.75) is 44.9 Å². The lowest BCUT2D eigenvalue weighted by molar-refractivity contribution is 0.0640. The van der Waals surface area contributed by atoms with Gasteiger partial charge in [-0.3, -0.25) is 19.3 Å². The maximum Gasteiger partial charge on any atom is 0.335 e. The van der Waals surface area contributed by atoms with E-state index >= 15 is 0 Å². The highest BCUT2D eigenvalue weighted by Gasteiger charge is 2.37. The second-order valence-corrected chi connectivity index (χ2v) is 10.0. The monoisotopic (exact) mass is 526 g/mol. The highest BCUT2D eigenvalue weighted by Crippen LogP contribution is 2.38. The molecule has 0 saturated heterocycles. The van der Waals surface area contributed by atoms with Gasteiger partial charge in [0.05, 0.1) is 43.0 Å². The van der Waals surface area contributed by atoms with E-state index in [0.717, 1.165) is 36.1 Å². The number of imide groups is 1. The zero-order valence-corrected chi connectivity index (χ0v) is 21.3. The van der Waals surface area contributed by atoms with Crippen molar-refractivity contribution in [3.8, 4) is 11.5 Å². The topological polar surface area (TPSA) is 113 Å². The minimum Gasteiger partial charge on any atom is -0.493 e. The third kappa shape index (κ3) is 4.29. The van der Waals surface area contributed by atoms with Gasteiger partial charge in [0.15, 0.2) is 11.5 Å². The molecule has 0 unspecified atom stereocenters. The number of carboxylic acid groups (broad SMARTS) is 1. The number of aromatic carboxylic acids is 1. The van der Waals surface area contributed by atoms with Crippen molar-refractivity contribution in [1.82, 2.24) is 4.90 Å². The van der Waals surface area contributed by atoms with E-state index in [9.17, 15) is 24.3 Å². The normalized spacial score (nSPS) is 16.6. The summed E-state index contributed by atoms with van der Waals surface area (Å²) >= 11 is 0. The van der Waals surface area contributed by atoms with Crippen molar-refractivity contribution in [3.05, 3.63) is 88.0 Å². The largest absolute Gasteiger partial charge is 0.493 e. The van der Waals surface area contributed by atoms with Crippen LogP contribution in [0.15, 0.2) is 54.6 Å². The molecule has 1 fully saturated rings. The molecule has 3 aromatic carbocycles. The quantitative estimate of drug-likeness (QED) is 0.445. The Balaban J connectivity index is 1.22. The molecular weight excluding hydrogens is 500 g/mol. The number of carbonyl (C=O) groups excluding carboxylic acids is 3. The van der Waals surface area contributed by atoms with Crippen LogP contribution in [-0.2, 0) is 13.1 Å². The van der Waals surface area contributed by atoms with Gasteiger partial charge in [-0.15, -0.1) is 0 Å². The van der Waals surface area contributed by atoms with Crippen molar-refractivity contribution in [2.75, 3.05) is 12.0 Å². The van der Waals surface area contributed by atoms with Crippen LogP contribution in [0, 0.1) is 0 Å². The molecule has 2 heterocycles. The molecule has 9 heteroatoms. The van der Waals surface area contributed by atoms with E-state index in [4.69, 9.17) is 9.47 Å². The Bertz CT molecular complexity index is 1540. The second kappa shape index (κ2) is 9.58. The number of nitrogens with zero attached hydrogens (tertiary/aromatic N) is 2. The van der Waals surface area contributed by atoms with E-state index in [2.05, 4.69) is 0 Å². The number of rotatable bonds is 7. The molecule has 3 aromatic rings. The van der Waals surface area contributed by atoms with E-state index in [1.807, 2.05) is 18.2 Å². The fraction of sp³-hybridized carbons (Fsp3) is 0.267. The predicted molar refractivity (Wildman–Crippen MR) is 140 cm³/mol. The molecule has 39 heavy (non-hydrogen) atoms. The molecular formula is C30H26N2O7. The van der Waals surface area contributed by atoms with Gasteiger partial charge in [0.2, 0.25) is 0 Å². The summed E-state index contributed by atoms with van der Waals surface area (Å²) in [6.45, 7) is 0.353. The highest BCUT2D eigenvalue weighted by molar-refractivity contribution is 6.22. The Labute approximate surface area is 224 Å².